The lowest BCUT2D eigenvalue weighted by atomic mass is 10.2. The zero-order valence-electron chi connectivity index (χ0n) is 10.7. The van der Waals surface area contributed by atoms with E-state index < -0.39 is 4.92 Å². The number of fused-ring (bicyclic) bond motifs is 1. The molecule has 0 unspecified atom stereocenters. The molecule has 2 aromatic rings. The van der Waals surface area contributed by atoms with E-state index in [0.29, 0.717) is 13.1 Å². The van der Waals surface area contributed by atoms with Crippen molar-refractivity contribution in [3.63, 3.8) is 0 Å². The Kier molecular flexibility index (Phi) is 3.39. The van der Waals surface area contributed by atoms with Crippen LogP contribution in [0.3, 0.4) is 0 Å². The van der Waals surface area contributed by atoms with E-state index in [1.807, 2.05) is 16.8 Å². The van der Waals surface area contributed by atoms with E-state index in [-0.39, 0.29) is 24.6 Å². The Hall–Kier alpha value is -1.96. The van der Waals surface area contributed by atoms with E-state index >= 15 is 0 Å². The van der Waals surface area contributed by atoms with Gasteiger partial charge in [0.15, 0.2) is 0 Å². The molecular weight excluding hydrogens is 262 g/mol. The molecule has 7 heteroatoms. The second-order valence-electron chi connectivity index (χ2n) is 4.78. The fourth-order valence-electron chi connectivity index (χ4n) is 2.47. The van der Waals surface area contributed by atoms with Crippen LogP contribution in [-0.4, -0.2) is 40.4 Å². The Morgan fingerprint density at radius 3 is 3.05 bits per heavy atom. The molecule has 0 radical (unpaired) electrons. The van der Waals surface area contributed by atoms with Crippen LogP contribution in [0.25, 0.3) is 10.9 Å². The Bertz CT molecular complexity index is 640. The first kappa shape index (κ1) is 13.0. The number of aromatic nitrogens is 1. The lowest BCUT2D eigenvalue weighted by Crippen LogP contribution is -2.44. The van der Waals surface area contributed by atoms with Crippen LogP contribution < -0.4 is 5.32 Å². The smallest absolute Gasteiger partial charge is 0.270 e. The minimum Gasteiger partial charge on any atom is -0.394 e. The van der Waals surface area contributed by atoms with Gasteiger partial charge in [-0.25, -0.2) is 0 Å². The zero-order chi connectivity index (χ0) is 14.1. The number of benzene rings is 1. The Morgan fingerprint density at radius 2 is 2.30 bits per heavy atom. The molecule has 1 aromatic carbocycles. The molecule has 0 amide bonds. The molecule has 0 saturated carbocycles. The molecule has 2 N–H and O–H groups in total. The molecule has 3 rings (SSSR count). The van der Waals surface area contributed by atoms with Gasteiger partial charge in [-0.05, 0) is 12.1 Å². The first-order valence-electron chi connectivity index (χ1n) is 6.41. The largest absolute Gasteiger partial charge is 0.394 e. The quantitative estimate of drug-likeness (QED) is 0.646. The van der Waals surface area contributed by atoms with Gasteiger partial charge in [-0.1, -0.05) is 0 Å². The number of non-ortho nitro benzene ring substituents is 1. The maximum absolute atomic E-state index is 10.8. The fraction of sp³-hybridized carbons (Fsp3) is 0.385. The van der Waals surface area contributed by atoms with Gasteiger partial charge in [0.2, 0.25) is 0 Å². The summed E-state index contributed by atoms with van der Waals surface area (Å²) in [7, 11) is 0. The van der Waals surface area contributed by atoms with Crippen molar-refractivity contribution in [2.75, 3.05) is 19.7 Å². The second-order valence-corrected chi connectivity index (χ2v) is 4.78. The van der Waals surface area contributed by atoms with Crippen LogP contribution in [0.5, 0.6) is 0 Å². The monoisotopic (exact) mass is 277 g/mol. The van der Waals surface area contributed by atoms with Crippen molar-refractivity contribution >= 4 is 16.6 Å². The van der Waals surface area contributed by atoms with Gasteiger partial charge < -0.3 is 19.7 Å². The molecule has 20 heavy (non-hydrogen) atoms. The van der Waals surface area contributed by atoms with E-state index in [1.165, 1.54) is 6.07 Å². The summed E-state index contributed by atoms with van der Waals surface area (Å²) in [6.45, 7) is 1.23. The minimum atomic E-state index is -0.406. The van der Waals surface area contributed by atoms with Crippen LogP contribution in [-0.2, 0) is 4.74 Å². The highest BCUT2D eigenvalue weighted by molar-refractivity contribution is 5.82. The summed E-state index contributed by atoms with van der Waals surface area (Å²) in [5.74, 6) is 0. The van der Waals surface area contributed by atoms with E-state index in [4.69, 9.17) is 9.84 Å². The highest BCUT2D eigenvalue weighted by Crippen LogP contribution is 2.26. The van der Waals surface area contributed by atoms with Gasteiger partial charge in [-0.3, -0.25) is 10.1 Å². The highest BCUT2D eigenvalue weighted by Gasteiger charge is 2.23. The van der Waals surface area contributed by atoms with Gasteiger partial charge in [0.25, 0.3) is 5.69 Å². The SMILES string of the molecule is O=[N+]([O-])c1ccc2c(ccn2[C@H]2CNC[C@@H](CO)O2)c1. The average Bonchev–Trinajstić information content (AvgIpc) is 2.90. The summed E-state index contributed by atoms with van der Waals surface area (Å²) in [6, 6.07) is 6.58. The summed E-state index contributed by atoms with van der Waals surface area (Å²) in [6.07, 6.45) is 1.39. The standard InChI is InChI=1S/C13H15N3O4/c17-8-11-6-14-7-13(20-11)15-4-3-9-5-10(16(18)19)1-2-12(9)15/h1-5,11,13-14,17H,6-8H2/t11-,13+/m0/s1. The normalized spacial score (nSPS) is 23.1. The lowest BCUT2D eigenvalue weighted by molar-refractivity contribution is -0.384. The highest BCUT2D eigenvalue weighted by atomic mass is 16.6. The van der Waals surface area contributed by atoms with E-state index in [2.05, 4.69) is 5.32 Å². The van der Waals surface area contributed by atoms with Crippen LogP contribution in [0, 0.1) is 10.1 Å². The van der Waals surface area contributed by atoms with Gasteiger partial charge in [0.05, 0.1) is 23.2 Å². The summed E-state index contributed by atoms with van der Waals surface area (Å²) in [5, 5.41) is 23.9. The van der Waals surface area contributed by atoms with Crippen molar-refractivity contribution in [1.29, 1.82) is 0 Å². The van der Waals surface area contributed by atoms with Gasteiger partial charge in [-0.15, -0.1) is 0 Å². The molecule has 1 aliphatic rings. The van der Waals surface area contributed by atoms with Crippen LogP contribution in [0.1, 0.15) is 6.23 Å². The van der Waals surface area contributed by atoms with Crippen molar-refractivity contribution in [1.82, 2.24) is 9.88 Å². The fourth-order valence-corrected chi connectivity index (χ4v) is 2.47. The number of hydrogen-bond donors (Lipinski definition) is 2. The number of rotatable bonds is 3. The van der Waals surface area contributed by atoms with Gasteiger partial charge in [-0.2, -0.15) is 0 Å². The van der Waals surface area contributed by atoms with Gasteiger partial charge in [0, 0.05) is 36.8 Å². The number of morpholine rings is 1. The first-order chi connectivity index (χ1) is 9.69. The third-order valence-electron chi connectivity index (χ3n) is 3.47. The second kappa shape index (κ2) is 5.20. The zero-order valence-corrected chi connectivity index (χ0v) is 10.7. The molecule has 106 valence electrons. The molecule has 1 aliphatic heterocycles. The maximum Gasteiger partial charge on any atom is 0.270 e. The average molecular weight is 277 g/mol. The van der Waals surface area contributed by atoms with Gasteiger partial charge >= 0.3 is 0 Å². The summed E-state index contributed by atoms with van der Waals surface area (Å²) >= 11 is 0. The van der Waals surface area contributed by atoms with Crippen molar-refractivity contribution in [3.8, 4) is 0 Å². The van der Waals surface area contributed by atoms with Crippen LogP contribution >= 0.6 is 0 Å². The summed E-state index contributed by atoms with van der Waals surface area (Å²) in [5.41, 5.74) is 0.951. The molecule has 2 atom stereocenters. The van der Waals surface area contributed by atoms with Crippen molar-refractivity contribution in [3.05, 3.63) is 40.6 Å². The summed E-state index contributed by atoms with van der Waals surface area (Å²) < 4.78 is 7.71. The van der Waals surface area contributed by atoms with Crippen molar-refractivity contribution in [2.24, 2.45) is 0 Å². The van der Waals surface area contributed by atoms with E-state index in [0.717, 1.165) is 10.9 Å². The number of nitro benzene ring substituents is 1. The predicted molar refractivity (Wildman–Crippen MR) is 72.5 cm³/mol. The van der Waals surface area contributed by atoms with Crippen molar-refractivity contribution < 1.29 is 14.8 Å². The van der Waals surface area contributed by atoms with Crippen LogP contribution in [0.2, 0.25) is 0 Å². The minimum absolute atomic E-state index is 0.0336. The number of nitrogens with one attached hydrogen (secondary N) is 1. The number of nitro groups is 1. The Balaban J connectivity index is 1.94. The Morgan fingerprint density at radius 1 is 1.45 bits per heavy atom. The third-order valence-corrected chi connectivity index (χ3v) is 3.47. The lowest BCUT2D eigenvalue weighted by Gasteiger charge is -2.31. The van der Waals surface area contributed by atoms with Gasteiger partial charge in [0.1, 0.15) is 6.23 Å². The molecule has 7 nitrogen and oxygen atoms in total. The molecule has 2 heterocycles. The maximum atomic E-state index is 10.8. The first-order valence-corrected chi connectivity index (χ1v) is 6.41. The predicted octanol–water partition coefficient (Wildman–Crippen LogP) is 1.03. The topological polar surface area (TPSA) is 89.6 Å². The van der Waals surface area contributed by atoms with Crippen molar-refractivity contribution in [2.45, 2.75) is 12.3 Å². The number of nitrogens with zero attached hydrogens (tertiary/aromatic N) is 2. The molecule has 0 aliphatic carbocycles. The Labute approximate surface area is 114 Å². The number of hydrogen-bond acceptors (Lipinski definition) is 5. The van der Waals surface area contributed by atoms with E-state index in [1.54, 1.807) is 12.1 Å². The number of aliphatic hydroxyl groups is 1. The number of aliphatic hydroxyl groups excluding tert-OH is 1. The number of ether oxygens (including phenoxy) is 1. The molecular formula is C13H15N3O4. The molecule has 1 saturated heterocycles. The van der Waals surface area contributed by atoms with E-state index in [9.17, 15) is 10.1 Å². The molecule has 1 fully saturated rings. The van der Waals surface area contributed by atoms with Crippen LogP contribution in [0.15, 0.2) is 30.5 Å². The molecule has 1 aromatic heterocycles. The molecule has 0 spiro atoms. The summed E-state index contributed by atoms with van der Waals surface area (Å²) in [4.78, 5) is 10.4. The molecule has 0 bridgehead atoms. The third kappa shape index (κ3) is 2.26. The van der Waals surface area contributed by atoms with Crippen LogP contribution in [0.4, 0.5) is 5.69 Å².